The standard InChI is InChI=1S/C15H20N2O4/c1-9-6-7-12(14(19)17-9)13(18)16-8-10-4-2-3-5-11(10)15(20)21/h6-7,10-11H,2-5,8H2,1H3,(H,16,18)(H,17,19)(H,20,21). The minimum Gasteiger partial charge on any atom is -0.481 e. The largest absolute Gasteiger partial charge is 0.481 e. The number of carboxylic acid groups (broad SMARTS) is 1. The zero-order valence-electron chi connectivity index (χ0n) is 12.0. The Hall–Kier alpha value is -2.11. The fourth-order valence-electron chi connectivity index (χ4n) is 2.85. The minimum absolute atomic E-state index is 0.0586. The normalized spacial score (nSPS) is 21.8. The zero-order valence-corrected chi connectivity index (χ0v) is 12.0. The van der Waals surface area contributed by atoms with Crippen LogP contribution in [0.15, 0.2) is 16.9 Å². The summed E-state index contributed by atoms with van der Waals surface area (Å²) in [5.41, 5.74) is 0.323. The van der Waals surface area contributed by atoms with Gasteiger partial charge in [0.1, 0.15) is 5.56 Å². The molecule has 0 spiro atoms. The maximum Gasteiger partial charge on any atom is 0.306 e. The highest BCUT2D eigenvalue weighted by Crippen LogP contribution is 2.29. The number of rotatable bonds is 4. The summed E-state index contributed by atoms with van der Waals surface area (Å²) in [5, 5.41) is 11.9. The lowest BCUT2D eigenvalue weighted by Crippen LogP contribution is -2.38. The van der Waals surface area contributed by atoms with Crippen molar-refractivity contribution in [2.24, 2.45) is 11.8 Å². The van der Waals surface area contributed by atoms with Crippen LogP contribution in [-0.2, 0) is 4.79 Å². The monoisotopic (exact) mass is 292 g/mol. The summed E-state index contributed by atoms with van der Waals surface area (Å²) in [4.78, 5) is 37.5. The Balaban J connectivity index is 2.00. The van der Waals surface area contributed by atoms with Crippen molar-refractivity contribution in [1.29, 1.82) is 0 Å². The fraction of sp³-hybridized carbons (Fsp3) is 0.533. The summed E-state index contributed by atoms with van der Waals surface area (Å²) in [6, 6.07) is 3.15. The number of aromatic amines is 1. The summed E-state index contributed by atoms with van der Waals surface area (Å²) < 4.78 is 0. The first-order chi connectivity index (χ1) is 9.99. The number of aromatic nitrogens is 1. The Morgan fingerprint density at radius 2 is 2.05 bits per heavy atom. The molecule has 6 nitrogen and oxygen atoms in total. The lowest BCUT2D eigenvalue weighted by atomic mass is 9.79. The van der Waals surface area contributed by atoms with Crippen LogP contribution in [0.25, 0.3) is 0 Å². The Morgan fingerprint density at radius 1 is 1.33 bits per heavy atom. The van der Waals surface area contributed by atoms with Gasteiger partial charge in [-0.3, -0.25) is 14.4 Å². The Morgan fingerprint density at radius 3 is 2.71 bits per heavy atom. The summed E-state index contributed by atoms with van der Waals surface area (Å²) in [6.45, 7) is 2.03. The molecule has 2 rings (SSSR count). The number of carbonyl (C=O) groups excluding carboxylic acids is 1. The van der Waals surface area contributed by atoms with E-state index >= 15 is 0 Å². The number of aliphatic carboxylic acids is 1. The van der Waals surface area contributed by atoms with Crippen molar-refractivity contribution in [1.82, 2.24) is 10.3 Å². The third kappa shape index (κ3) is 3.71. The highest BCUT2D eigenvalue weighted by atomic mass is 16.4. The number of pyridine rings is 1. The SMILES string of the molecule is Cc1ccc(C(=O)NCC2CCCCC2C(=O)O)c(=O)[nH]1. The molecule has 0 saturated heterocycles. The fourth-order valence-corrected chi connectivity index (χ4v) is 2.85. The maximum atomic E-state index is 12.0. The number of hydrogen-bond donors (Lipinski definition) is 3. The Bertz CT molecular complexity index is 594. The molecule has 1 aromatic heterocycles. The molecule has 1 amide bonds. The molecule has 1 aromatic rings. The van der Waals surface area contributed by atoms with Crippen LogP contribution in [0.2, 0.25) is 0 Å². The van der Waals surface area contributed by atoms with Crippen LogP contribution in [0.5, 0.6) is 0 Å². The molecule has 3 N–H and O–H groups in total. The molecule has 1 aliphatic rings. The van der Waals surface area contributed by atoms with E-state index in [4.69, 9.17) is 0 Å². The summed E-state index contributed by atoms with van der Waals surface area (Å²) in [7, 11) is 0. The minimum atomic E-state index is -0.804. The second-order valence-electron chi connectivity index (χ2n) is 5.58. The molecular weight excluding hydrogens is 272 g/mol. The van der Waals surface area contributed by atoms with Gasteiger partial charge in [0.05, 0.1) is 5.92 Å². The van der Waals surface area contributed by atoms with Crippen molar-refractivity contribution in [3.8, 4) is 0 Å². The maximum absolute atomic E-state index is 12.0. The van der Waals surface area contributed by atoms with Crippen LogP contribution in [0.1, 0.15) is 41.7 Å². The predicted octanol–water partition coefficient (Wildman–Crippen LogP) is 1.30. The van der Waals surface area contributed by atoms with Gasteiger partial charge < -0.3 is 15.4 Å². The molecular formula is C15H20N2O4. The van der Waals surface area contributed by atoms with E-state index in [1.165, 1.54) is 6.07 Å². The van der Waals surface area contributed by atoms with Crippen molar-refractivity contribution >= 4 is 11.9 Å². The number of carbonyl (C=O) groups is 2. The number of hydrogen-bond acceptors (Lipinski definition) is 3. The highest BCUT2D eigenvalue weighted by Gasteiger charge is 2.30. The van der Waals surface area contributed by atoms with Gasteiger partial charge >= 0.3 is 5.97 Å². The molecule has 1 saturated carbocycles. The van der Waals surface area contributed by atoms with Crippen molar-refractivity contribution in [2.75, 3.05) is 6.54 Å². The van der Waals surface area contributed by atoms with E-state index in [2.05, 4.69) is 10.3 Å². The number of amides is 1. The average molecular weight is 292 g/mol. The second-order valence-corrected chi connectivity index (χ2v) is 5.58. The van der Waals surface area contributed by atoms with Crippen molar-refractivity contribution in [2.45, 2.75) is 32.6 Å². The molecule has 0 radical (unpaired) electrons. The van der Waals surface area contributed by atoms with Crippen molar-refractivity contribution in [3.05, 3.63) is 33.7 Å². The lowest BCUT2D eigenvalue weighted by Gasteiger charge is -2.28. The van der Waals surface area contributed by atoms with Gasteiger partial charge in [-0.1, -0.05) is 12.8 Å². The molecule has 1 heterocycles. The van der Waals surface area contributed by atoms with Crippen LogP contribution < -0.4 is 10.9 Å². The van der Waals surface area contributed by atoms with Crippen LogP contribution in [-0.4, -0.2) is 28.5 Å². The van der Waals surface area contributed by atoms with Gasteiger partial charge in [0.15, 0.2) is 0 Å². The molecule has 114 valence electrons. The number of carboxylic acids is 1. The van der Waals surface area contributed by atoms with E-state index in [1.807, 2.05) is 0 Å². The average Bonchev–Trinajstić information content (AvgIpc) is 2.45. The highest BCUT2D eigenvalue weighted by molar-refractivity contribution is 5.93. The van der Waals surface area contributed by atoms with E-state index in [-0.39, 0.29) is 11.5 Å². The first-order valence-electron chi connectivity index (χ1n) is 7.20. The molecule has 2 atom stereocenters. The smallest absolute Gasteiger partial charge is 0.306 e. The first-order valence-corrected chi connectivity index (χ1v) is 7.20. The van der Waals surface area contributed by atoms with E-state index < -0.39 is 23.4 Å². The van der Waals surface area contributed by atoms with E-state index in [0.717, 1.165) is 19.3 Å². The topological polar surface area (TPSA) is 99.3 Å². The van der Waals surface area contributed by atoms with Crippen LogP contribution in [0.3, 0.4) is 0 Å². The van der Waals surface area contributed by atoms with Gasteiger partial charge in [-0.05, 0) is 37.8 Å². The van der Waals surface area contributed by atoms with Gasteiger partial charge in [0.2, 0.25) is 0 Å². The molecule has 1 aliphatic carbocycles. The zero-order chi connectivity index (χ0) is 15.4. The molecule has 2 unspecified atom stereocenters. The number of H-pyrrole nitrogens is 1. The van der Waals surface area contributed by atoms with Crippen LogP contribution in [0.4, 0.5) is 0 Å². The van der Waals surface area contributed by atoms with Gasteiger partial charge in [-0.25, -0.2) is 0 Å². The number of nitrogens with one attached hydrogen (secondary N) is 2. The Labute approximate surface area is 122 Å². The Kier molecular flexibility index (Phi) is 4.77. The third-order valence-electron chi connectivity index (χ3n) is 4.05. The first kappa shape index (κ1) is 15.3. The van der Waals surface area contributed by atoms with Gasteiger partial charge in [0, 0.05) is 12.2 Å². The van der Waals surface area contributed by atoms with Gasteiger partial charge in [-0.15, -0.1) is 0 Å². The van der Waals surface area contributed by atoms with Crippen molar-refractivity contribution in [3.63, 3.8) is 0 Å². The van der Waals surface area contributed by atoms with Crippen molar-refractivity contribution < 1.29 is 14.7 Å². The molecule has 6 heteroatoms. The summed E-state index contributed by atoms with van der Waals surface area (Å²) in [5.74, 6) is -1.73. The molecule has 0 aliphatic heterocycles. The molecule has 1 fully saturated rings. The van der Waals surface area contributed by atoms with Crippen LogP contribution >= 0.6 is 0 Å². The van der Waals surface area contributed by atoms with Crippen LogP contribution in [0, 0.1) is 18.8 Å². The van der Waals surface area contributed by atoms with E-state index in [0.29, 0.717) is 18.7 Å². The quantitative estimate of drug-likeness (QED) is 0.779. The number of aryl methyl sites for hydroxylation is 1. The summed E-state index contributed by atoms with van der Waals surface area (Å²) in [6.07, 6.45) is 3.34. The third-order valence-corrected chi connectivity index (χ3v) is 4.05. The van der Waals surface area contributed by atoms with Gasteiger partial charge in [-0.2, -0.15) is 0 Å². The molecule has 21 heavy (non-hydrogen) atoms. The van der Waals surface area contributed by atoms with E-state index in [1.54, 1.807) is 13.0 Å². The molecule has 0 bridgehead atoms. The lowest BCUT2D eigenvalue weighted by molar-refractivity contribution is -0.144. The molecule has 0 aromatic carbocycles. The predicted molar refractivity (Wildman–Crippen MR) is 77.2 cm³/mol. The van der Waals surface area contributed by atoms with Gasteiger partial charge in [0.25, 0.3) is 11.5 Å². The summed E-state index contributed by atoms with van der Waals surface area (Å²) >= 11 is 0. The van der Waals surface area contributed by atoms with E-state index in [9.17, 15) is 19.5 Å². The second kappa shape index (κ2) is 6.56.